The lowest BCUT2D eigenvalue weighted by molar-refractivity contribution is 0.0692. The predicted octanol–water partition coefficient (Wildman–Crippen LogP) is 3.71. The number of hydrogen-bond donors (Lipinski definition) is 0. The molecule has 5 heteroatoms. The van der Waals surface area contributed by atoms with Crippen molar-refractivity contribution in [1.82, 2.24) is 0 Å². The first-order valence-corrected chi connectivity index (χ1v) is 5.60. The Balaban J connectivity index is 2.23. The number of rotatable bonds is 2. The molecule has 0 saturated carbocycles. The smallest absolute Gasteiger partial charge is 0.380 e. The van der Waals surface area contributed by atoms with Gasteiger partial charge < -0.3 is 9.15 Å². The molecule has 0 fully saturated rings. The highest BCUT2D eigenvalue weighted by Crippen LogP contribution is 2.22. The number of furan rings is 1. The Morgan fingerprint density at radius 3 is 2.71 bits per heavy atom. The minimum atomic E-state index is -0.724. The number of ether oxygens (including phenoxy) is 1. The molecule has 0 aliphatic heterocycles. The van der Waals surface area contributed by atoms with Crippen LogP contribution in [0.15, 0.2) is 39.4 Å². The summed E-state index contributed by atoms with van der Waals surface area (Å²) in [5, 5.41) is 0. The van der Waals surface area contributed by atoms with Crippen molar-refractivity contribution in [3.63, 3.8) is 0 Å². The first-order chi connectivity index (χ1) is 8.08. The summed E-state index contributed by atoms with van der Waals surface area (Å²) in [6, 6.07) is 7.32. The van der Waals surface area contributed by atoms with Crippen LogP contribution in [0.3, 0.4) is 0 Å². The summed E-state index contributed by atoms with van der Waals surface area (Å²) in [7, 11) is 0. The summed E-state index contributed by atoms with van der Waals surface area (Å²) < 4.78 is 23.7. The van der Waals surface area contributed by atoms with E-state index in [4.69, 9.17) is 9.15 Å². The summed E-state index contributed by atoms with van der Waals surface area (Å²) in [4.78, 5) is 11.7. The van der Waals surface area contributed by atoms with Crippen LogP contribution in [0.4, 0.5) is 4.39 Å². The average Bonchev–Trinajstić information content (AvgIpc) is 2.61. The fourth-order valence-electron chi connectivity index (χ4n) is 1.32. The largest absolute Gasteiger partial charge is 0.442 e. The van der Waals surface area contributed by atoms with Crippen LogP contribution in [0.1, 0.15) is 16.1 Å². The van der Waals surface area contributed by atoms with E-state index in [1.807, 2.05) is 0 Å². The average molecular weight is 299 g/mol. The van der Waals surface area contributed by atoms with Crippen molar-refractivity contribution < 1.29 is 18.3 Å². The van der Waals surface area contributed by atoms with E-state index in [9.17, 15) is 9.18 Å². The molecule has 17 heavy (non-hydrogen) atoms. The molecule has 1 aromatic carbocycles. The Bertz CT molecular complexity index is 563. The van der Waals surface area contributed by atoms with E-state index in [-0.39, 0.29) is 11.5 Å². The molecule has 0 bridgehead atoms. The highest BCUT2D eigenvalue weighted by atomic mass is 79.9. The summed E-state index contributed by atoms with van der Waals surface area (Å²) in [5.74, 6) is -1.38. The minimum absolute atomic E-state index is 0.0557. The van der Waals surface area contributed by atoms with Crippen LogP contribution < -0.4 is 4.74 Å². The quantitative estimate of drug-likeness (QED) is 0.627. The molecule has 1 heterocycles. The molecule has 0 N–H and O–H groups in total. The van der Waals surface area contributed by atoms with E-state index in [0.717, 1.165) is 0 Å². The highest BCUT2D eigenvalue weighted by Gasteiger charge is 2.18. The lowest BCUT2D eigenvalue weighted by Crippen LogP contribution is -2.09. The second-order valence-corrected chi connectivity index (χ2v) is 4.16. The Kier molecular flexibility index (Phi) is 3.28. The zero-order chi connectivity index (χ0) is 12.4. The second kappa shape index (κ2) is 4.71. The molecule has 0 aliphatic carbocycles. The molecule has 0 amide bonds. The Labute approximate surface area is 105 Å². The molecule has 2 aromatic rings. The topological polar surface area (TPSA) is 39.4 Å². The molecule has 1 aromatic heterocycles. The van der Waals surface area contributed by atoms with Gasteiger partial charge in [-0.25, -0.2) is 9.18 Å². The predicted molar refractivity (Wildman–Crippen MR) is 62.5 cm³/mol. The lowest BCUT2D eigenvalue weighted by atomic mass is 10.3. The first kappa shape index (κ1) is 11.9. The summed E-state index contributed by atoms with van der Waals surface area (Å²) >= 11 is 3.10. The third kappa shape index (κ3) is 2.55. The summed E-state index contributed by atoms with van der Waals surface area (Å²) in [6.07, 6.45) is 0. The van der Waals surface area contributed by atoms with Crippen LogP contribution in [0, 0.1) is 12.7 Å². The van der Waals surface area contributed by atoms with E-state index in [0.29, 0.717) is 10.2 Å². The molecule has 0 aliphatic rings. The van der Waals surface area contributed by atoms with Gasteiger partial charge in [0.2, 0.25) is 5.76 Å². The van der Waals surface area contributed by atoms with Gasteiger partial charge in [-0.05, 0) is 41.1 Å². The van der Waals surface area contributed by atoms with Gasteiger partial charge in [-0.1, -0.05) is 12.1 Å². The number of esters is 1. The molecule has 0 atom stereocenters. The van der Waals surface area contributed by atoms with Crippen molar-refractivity contribution in [2.24, 2.45) is 0 Å². The zero-order valence-corrected chi connectivity index (χ0v) is 10.5. The fraction of sp³-hybridized carbons (Fsp3) is 0.0833. The van der Waals surface area contributed by atoms with E-state index < -0.39 is 11.8 Å². The zero-order valence-electron chi connectivity index (χ0n) is 8.87. The minimum Gasteiger partial charge on any atom is -0.442 e. The maximum atomic E-state index is 13.3. The van der Waals surface area contributed by atoms with Crippen LogP contribution in [-0.2, 0) is 0 Å². The molecule has 2 rings (SSSR count). The van der Waals surface area contributed by atoms with Crippen LogP contribution in [0.25, 0.3) is 0 Å². The number of hydrogen-bond acceptors (Lipinski definition) is 3. The Hall–Kier alpha value is -1.62. The first-order valence-electron chi connectivity index (χ1n) is 4.80. The van der Waals surface area contributed by atoms with Crippen molar-refractivity contribution in [3.05, 3.63) is 52.1 Å². The molecule has 3 nitrogen and oxygen atoms in total. The maximum Gasteiger partial charge on any atom is 0.380 e. The van der Waals surface area contributed by atoms with Gasteiger partial charge in [0.15, 0.2) is 16.2 Å². The van der Waals surface area contributed by atoms with Crippen LogP contribution in [0.2, 0.25) is 0 Å². The number of halogens is 2. The molecular weight excluding hydrogens is 291 g/mol. The van der Waals surface area contributed by atoms with Gasteiger partial charge in [0, 0.05) is 5.56 Å². The molecule has 0 saturated heterocycles. The van der Waals surface area contributed by atoms with Gasteiger partial charge in [0.1, 0.15) is 0 Å². The number of carbonyl (C=O) groups excluding carboxylic acids is 1. The van der Waals surface area contributed by atoms with Crippen LogP contribution in [-0.4, -0.2) is 5.97 Å². The highest BCUT2D eigenvalue weighted by molar-refractivity contribution is 9.10. The SMILES string of the molecule is Cc1cc(Br)oc1C(=O)Oc1ccccc1F. The lowest BCUT2D eigenvalue weighted by Gasteiger charge is -2.03. The van der Waals surface area contributed by atoms with E-state index >= 15 is 0 Å². The number of benzene rings is 1. The van der Waals surface area contributed by atoms with E-state index in [1.165, 1.54) is 18.2 Å². The van der Waals surface area contributed by atoms with E-state index in [1.54, 1.807) is 19.1 Å². The maximum absolute atomic E-state index is 13.3. The number of carbonyl (C=O) groups is 1. The van der Waals surface area contributed by atoms with Crippen molar-refractivity contribution in [2.45, 2.75) is 6.92 Å². The van der Waals surface area contributed by atoms with Gasteiger partial charge in [0.05, 0.1) is 0 Å². The third-order valence-corrected chi connectivity index (χ3v) is 2.50. The second-order valence-electron chi connectivity index (χ2n) is 3.38. The number of aryl methyl sites for hydroxylation is 1. The van der Waals surface area contributed by atoms with Crippen LogP contribution >= 0.6 is 15.9 Å². The van der Waals surface area contributed by atoms with Crippen LogP contribution in [0.5, 0.6) is 5.75 Å². The fourth-order valence-corrected chi connectivity index (χ4v) is 1.82. The molecule has 88 valence electrons. The Morgan fingerprint density at radius 1 is 1.41 bits per heavy atom. The van der Waals surface area contributed by atoms with Crippen molar-refractivity contribution >= 4 is 21.9 Å². The van der Waals surface area contributed by atoms with Gasteiger partial charge in [-0.2, -0.15) is 0 Å². The normalized spacial score (nSPS) is 10.3. The van der Waals surface area contributed by atoms with E-state index in [2.05, 4.69) is 15.9 Å². The standard InChI is InChI=1S/C12H8BrFO3/c1-7-6-10(13)17-11(7)12(15)16-9-5-3-2-4-8(9)14/h2-6H,1H3. The molecule has 0 radical (unpaired) electrons. The van der Waals surface area contributed by atoms with Gasteiger partial charge in [-0.15, -0.1) is 0 Å². The Morgan fingerprint density at radius 2 is 2.12 bits per heavy atom. The van der Waals surface area contributed by atoms with Crippen molar-refractivity contribution in [2.75, 3.05) is 0 Å². The van der Waals surface area contributed by atoms with Gasteiger partial charge in [-0.3, -0.25) is 0 Å². The number of para-hydroxylation sites is 1. The molecule has 0 spiro atoms. The van der Waals surface area contributed by atoms with Gasteiger partial charge >= 0.3 is 5.97 Å². The summed E-state index contributed by atoms with van der Waals surface area (Å²) in [6.45, 7) is 1.70. The van der Waals surface area contributed by atoms with Gasteiger partial charge in [0.25, 0.3) is 0 Å². The third-order valence-electron chi connectivity index (χ3n) is 2.11. The summed E-state index contributed by atoms with van der Waals surface area (Å²) in [5.41, 5.74) is 0.623. The molecule has 0 unspecified atom stereocenters. The monoisotopic (exact) mass is 298 g/mol. The van der Waals surface area contributed by atoms with Crippen molar-refractivity contribution in [3.8, 4) is 5.75 Å². The molecular formula is C12H8BrFO3. The van der Waals surface area contributed by atoms with Crippen molar-refractivity contribution in [1.29, 1.82) is 0 Å².